The highest BCUT2D eigenvalue weighted by Gasteiger charge is 2.32. The Balaban J connectivity index is 1.64. The van der Waals surface area contributed by atoms with Gasteiger partial charge in [-0.1, -0.05) is 41.4 Å². The molecule has 0 bridgehead atoms. The summed E-state index contributed by atoms with van der Waals surface area (Å²) in [5.41, 5.74) is 0.606. The number of halogens is 2. The van der Waals surface area contributed by atoms with Crippen molar-refractivity contribution in [3.05, 3.63) is 103 Å². The van der Waals surface area contributed by atoms with Crippen LogP contribution in [0.5, 0.6) is 5.75 Å². The molecule has 10 nitrogen and oxygen atoms in total. The number of aryl methyl sites for hydroxylation is 1. The highest BCUT2D eigenvalue weighted by atomic mass is 35.5. The molecule has 1 aromatic heterocycles. The lowest BCUT2D eigenvalue weighted by Gasteiger charge is -2.16. The number of aromatic nitrogens is 2. The van der Waals surface area contributed by atoms with Crippen molar-refractivity contribution in [1.29, 1.82) is 0 Å². The Hall–Kier alpha value is -4.12. The molecule has 0 radical (unpaired) electrons. The molecule has 0 saturated heterocycles. The van der Waals surface area contributed by atoms with Crippen molar-refractivity contribution in [3.63, 3.8) is 0 Å². The number of rotatable bonds is 11. The van der Waals surface area contributed by atoms with Crippen molar-refractivity contribution < 1.29 is 19.1 Å². The summed E-state index contributed by atoms with van der Waals surface area (Å²) in [5, 5.41) is 6.40. The van der Waals surface area contributed by atoms with Gasteiger partial charge in [0.15, 0.2) is 12.1 Å². The first kappa shape index (κ1) is 31.8. The van der Waals surface area contributed by atoms with E-state index in [1.165, 1.54) is 4.57 Å². The Labute approximate surface area is 258 Å². The van der Waals surface area contributed by atoms with Gasteiger partial charge >= 0.3 is 11.7 Å². The Morgan fingerprint density at radius 1 is 1.02 bits per heavy atom. The van der Waals surface area contributed by atoms with Crippen molar-refractivity contribution in [2.45, 2.75) is 32.4 Å². The maximum atomic E-state index is 13.5. The number of amides is 1. The normalized spacial score (nSPS) is 11.9. The van der Waals surface area contributed by atoms with Crippen molar-refractivity contribution in [2.75, 3.05) is 20.2 Å². The van der Waals surface area contributed by atoms with E-state index in [0.29, 0.717) is 41.1 Å². The van der Waals surface area contributed by atoms with E-state index in [0.717, 1.165) is 4.57 Å². The van der Waals surface area contributed by atoms with E-state index in [4.69, 9.17) is 32.7 Å². The standard InChI is InChI=1S/C31H32Cl2N4O6/c1-18(2)43-30(40)25(35-28(38)27-23(32)6-5-7-24(27)33)16-19-8-10-20(11-9-19)37-29(39)22-17-21(42-15-14-34-3)12-13-26(22)36(4)31(37)41/h5-13,17-18,25,34H,14-16H2,1-4H3,(H,35,38)/p+1/t25-/m0/s1. The molecule has 0 spiro atoms. The van der Waals surface area contributed by atoms with Crippen molar-refractivity contribution >= 4 is 46.0 Å². The average Bonchev–Trinajstić information content (AvgIpc) is 2.96. The fraction of sp³-hybridized carbons (Fsp3) is 0.290. The number of ether oxygens (including phenoxy) is 2. The first-order valence-corrected chi connectivity index (χ1v) is 14.4. The predicted molar refractivity (Wildman–Crippen MR) is 169 cm³/mol. The second kappa shape index (κ2) is 13.9. The SMILES string of the molecule is CNCCOc1ccc2c(c1)c(=O)n(-c1ccc(C[C@H](NC(=O)c3c(Cl)cccc3Cl)C(=[OH+])OC(C)C)cc1)c(=O)n2C. The molecule has 4 aromatic rings. The average molecular weight is 629 g/mol. The van der Waals surface area contributed by atoms with Gasteiger partial charge in [0.1, 0.15) is 12.4 Å². The Bertz CT molecular complexity index is 1750. The van der Waals surface area contributed by atoms with Crippen molar-refractivity contribution in [1.82, 2.24) is 19.8 Å². The minimum atomic E-state index is -0.953. The quantitative estimate of drug-likeness (QED) is 0.148. The molecule has 3 N–H and O–H groups in total. The van der Waals surface area contributed by atoms with Crippen LogP contribution >= 0.6 is 23.2 Å². The summed E-state index contributed by atoms with van der Waals surface area (Å²) in [6, 6.07) is 15.4. The van der Waals surface area contributed by atoms with Gasteiger partial charge in [-0.3, -0.25) is 14.2 Å². The molecular formula is C31H33Cl2N4O6+. The van der Waals surface area contributed by atoms with Gasteiger partial charge in [0.2, 0.25) is 0 Å². The molecule has 0 aliphatic carbocycles. The van der Waals surface area contributed by atoms with Crippen LogP contribution in [-0.2, 0) is 18.2 Å². The fourth-order valence-corrected chi connectivity index (χ4v) is 5.08. The Kier molecular flexibility index (Phi) is 10.3. The molecule has 1 amide bonds. The zero-order chi connectivity index (χ0) is 31.3. The fourth-order valence-electron chi connectivity index (χ4n) is 4.51. The molecule has 0 unspecified atom stereocenters. The van der Waals surface area contributed by atoms with Crippen LogP contribution in [0, 0.1) is 0 Å². The Morgan fingerprint density at radius 3 is 2.33 bits per heavy atom. The largest absolute Gasteiger partial charge is 0.506 e. The minimum absolute atomic E-state index is 0.0747. The van der Waals surface area contributed by atoms with E-state index in [1.807, 2.05) is 7.05 Å². The molecular weight excluding hydrogens is 595 g/mol. The minimum Gasteiger partial charge on any atom is -0.492 e. The predicted octanol–water partition coefficient (Wildman–Crippen LogP) is 3.86. The lowest BCUT2D eigenvalue weighted by Crippen LogP contribution is -2.44. The maximum absolute atomic E-state index is 13.5. The molecule has 12 heteroatoms. The van der Waals surface area contributed by atoms with Gasteiger partial charge in [-0.25, -0.2) is 9.36 Å². The third-order valence-corrected chi connectivity index (χ3v) is 7.28. The van der Waals surface area contributed by atoms with Crippen LogP contribution in [0.25, 0.3) is 16.6 Å². The number of carbonyl (C=O) groups excluding carboxylic acids is 2. The zero-order valence-electron chi connectivity index (χ0n) is 24.2. The summed E-state index contributed by atoms with van der Waals surface area (Å²) in [6.45, 7) is 4.55. The highest BCUT2D eigenvalue weighted by Crippen LogP contribution is 2.24. The lowest BCUT2D eigenvalue weighted by molar-refractivity contribution is 0.0934. The second-order valence-electron chi connectivity index (χ2n) is 10.1. The second-order valence-corrected chi connectivity index (χ2v) is 10.9. The van der Waals surface area contributed by atoms with E-state index in [9.17, 15) is 19.2 Å². The molecule has 0 aliphatic heterocycles. The first-order valence-electron chi connectivity index (χ1n) is 13.6. The number of nitrogens with zero attached hydrogens (tertiary/aromatic N) is 2. The van der Waals surface area contributed by atoms with Gasteiger partial charge in [0.05, 0.1) is 32.2 Å². The van der Waals surface area contributed by atoms with Crippen LogP contribution in [0.15, 0.2) is 70.3 Å². The van der Waals surface area contributed by atoms with Crippen LogP contribution in [0.4, 0.5) is 0 Å². The van der Waals surface area contributed by atoms with Crippen LogP contribution in [0.2, 0.25) is 10.0 Å². The molecule has 226 valence electrons. The molecule has 0 saturated carbocycles. The molecule has 43 heavy (non-hydrogen) atoms. The van der Waals surface area contributed by atoms with E-state index in [2.05, 4.69) is 10.6 Å². The highest BCUT2D eigenvalue weighted by molar-refractivity contribution is 6.39. The van der Waals surface area contributed by atoms with Crippen LogP contribution in [0.3, 0.4) is 0 Å². The van der Waals surface area contributed by atoms with Gasteiger partial charge in [-0.05, 0) is 68.9 Å². The third-order valence-electron chi connectivity index (χ3n) is 6.65. The van der Waals surface area contributed by atoms with E-state index >= 15 is 0 Å². The smallest absolute Gasteiger partial charge is 0.492 e. The summed E-state index contributed by atoms with van der Waals surface area (Å²) in [4.78, 5) is 50.5. The molecule has 4 rings (SSSR count). The Morgan fingerprint density at radius 2 is 1.70 bits per heavy atom. The molecule has 1 atom stereocenters. The molecule has 0 fully saturated rings. The first-order chi connectivity index (χ1) is 20.5. The van der Waals surface area contributed by atoms with Crippen LogP contribution in [-0.4, -0.2) is 58.2 Å². The topological polar surface area (TPSA) is 125 Å². The summed E-state index contributed by atoms with van der Waals surface area (Å²) in [5.74, 6) is -0.453. The lowest BCUT2D eigenvalue weighted by atomic mass is 10.0. The molecule has 3 aromatic carbocycles. The van der Waals surface area contributed by atoms with E-state index < -0.39 is 23.2 Å². The summed E-state index contributed by atoms with van der Waals surface area (Å²) < 4.78 is 13.7. The number of hydrogen-bond acceptors (Lipinski definition) is 6. The number of esters is 1. The molecule has 0 aliphatic rings. The number of likely N-dealkylation sites (N-methyl/N-ethyl adjacent to an activating group) is 1. The van der Waals surface area contributed by atoms with Gasteiger partial charge in [-0.15, -0.1) is 0 Å². The summed E-state index contributed by atoms with van der Waals surface area (Å²) in [6.07, 6.45) is -0.221. The van der Waals surface area contributed by atoms with Crippen molar-refractivity contribution in [2.24, 2.45) is 7.05 Å². The maximum Gasteiger partial charge on any atom is 0.506 e. The number of hydrogen-bond donors (Lipinski definition) is 2. The molecule has 1 heterocycles. The zero-order valence-corrected chi connectivity index (χ0v) is 25.7. The van der Waals surface area contributed by atoms with Crippen LogP contribution in [0.1, 0.15) is 29.8 Å². The number of nitrogens with one attached hydrogen (secondary N) is 2. The van der Waals surface area contributed by atoms with Gasteiger partial charge in [-0.2, -0.15) is 0 Å². The monoisotopic (exact) mass is 627 g/mol. The van der Waals surface area contributed by atoms with Gasteiger partial charge in [0.25, 0.3) is 11.5 Å². The summed E-state index contributed by atoms with van der Waals surface area (Å²) in [7, 11) is 3.42. The van der Waals surface area contributed by atoms with E-state index in [1.54, 1.807) is 81.6 Å². The van der Waals surface area contributed by atoms with Gasteiger partial charge in [0, 0.05) is 20.0 Å². The van der Waals surface area contributed by atoms with Crippen molar-refractivity contribution in [3.8, 4) is 11.4 Å². The number of fused-ring (bicyclic) bond motifs is 1. The van der Waals surface area contributed by atoms with E-state index in [-0.39, 0.29) is 34.1 Å². The van der Waals surface area contributed by atoms with Gasteiger partial charge < -0.3 is 24.9 Å². The third kappa shape index (κ3) is 7.27. The number of carbonyl (C=O) groups is 1. The van der Waals surface area contributed by atoms with Crippen LogP contribution < -0.4 is 26.6 Å². The number of benzene rings is 3. The summed E-state index contributed by atoms with van der Waals surface area (Å²) >= 11 is 12.4.